The van der Waals surface area contributed by atoms with Gasteiger partial charge in [-0.25, -0.2) is 4.39 Å². The lowest BCUT2D eigenvalue weighted by Crippen LogP contribution is -2.22. The molecule has 0 aliphatic rings. The molecule has 0 bridgehead atoms. The van der Waals surface area contributed by atoms with E-state index in [-0.39, 0.29) is 11.9 Å². The van der Waals surface area contributed by atoms with Crippen molar-refractivity contribution in [2.24, 2.45) is 0 Å². The molecule has 2 aromatic carbocycles. The average molecular weight is 273 g/mol. The molecule has 0 radical (unpaired) electrons. The first kappa shape index (κ1) is 14.5. The van der Waals surface area contributed by atoms with Gasteiger partial charge in [0.1, 0.15) is 11.6 Å². The van der Waals surface area contributed by atoms with Crippen LogP contribution in [-0.4, -0.2) is 13.7 Å². The Hall–Kier alpha value is -1.87. The van der Waals surface area contributed by atoms with Crippen LogP contribution in [-0.2, 0) is 0 Å². The van der Waals surface area contributed by atoms with Crippen LogP contribution in [0.1, 0.15) is 29.7 Å². The number of benzene rings is 2. The Morgan fingerprint density at radius 1 is 1.15 bits per heavy atom. The molecule has 0 saturated carbocycles. The Morgan fingerprint density at radius 2 is 1.90 bits per heavy atom. The number of rotatable bonds is 5. The van der Waals surface area contributed by atoms with Gasteiger partial charge in [0.15, 0.2) is 0 Å². The monoisotopic (exact) mass is 273 g/mol. The lowest BCUT2D eigenvalue weighted by atomic mass is 9.97. The van der Waals surface area contributed by atoms with Crippen LogP contribution < -0.4 is 10.1 Å². The van der Waals surface area contributed by atoms with E-state index in [9.17, 15) is 4.39 Å². The van der Waals surface area contributed by atoms with Gasteiger partial charge in [-0.1, -0.05) is 31.2 Å². The molecule has 0 aliphatic carbocycles. The van der Waals surface area contributed by atoms with E-state index >= 15 is 0 Å². The summed E-state index contributed by atoms with van der Waals surface area (Å²) in [6, 6.07) is 12.7. The maximum Gasteiger partial charge on any atom is 0.123 e. The summed E-state index contributed by atoms with van der Waals surface area (Å²) in [5.41, 5.74) is 3.07. The summed E-state index contributed by atoms with van der Waals surface area (Å²) in [6.45, 7) is 4.85. The van der Waals surface area contributed by atoms with Gasteiger partial charge >= 0.3 is 0 Å². The standard InChI is InChI=1S/C17H20FNO/c1-4-19-17(13-6-5-7-15(18)10-13)14-9-8-12(2)16(11-14)20-3/h5-11,17,19H,4H2,1-3H3. The molecule has 1 unspecified atom stereocenters. The van der Waals surface area contributed by atoms with Crippen LogP contribution in [0, 0.1) is 12.7 Å². The van der Waals surface area contributed by atoms with Crippen molar-refractivity contribution < 1.29 is 9.13 Å². The molecule has 106 valence electrons. The highest BCUT2D eigenvalue weighted by Crippen LogP contribution is 2.27. The maximum absolute atomic E-state index is 13.4. The third-order valence-corrected chi connectivity index (χ3v) is 3.36. The summed E-state index contributed by atoms with van der Waals surface area (Å²) in [7, 11) is 1.66. The van der Waals surface area contributed by atoms with Crippen molar-refractivity contribution in [2.45, 2.75) is 19.9 Å². The Kier molecular flexibility index (Phi) is 4.74. The lowest BCUT2D eigenvalue weighted by Gasteiger charge is -2.20. The predicted octanol–water partition coefficient (Wildman–Crippen LogP) is 3.84. The molecule has 0 amide bonds. The number of methoxy groups -OCH3 is 1. The number of nitrogens with one attached hydrogen (secondary N) is 1. The Balaban J connectivity index is 2.42. The van der Waals surface area contributed by atoms with Crippen LogP contribution >= 0.6 is 0 Å². The molecule has 0 aliphatic heterocycles. The molecule has 20 heavy (non-hydrogen) atoms. The number of hydrogen-bond donors (Lipinski definition) is 1. The van der Waals surface area contributed by atoms with Crippen molar-refractivity contribution in [3.63, 3.8) is 0 Å². The van der Waals surface area contributed by atoms with Crippen molar-refractivity contribution in [2.75, 3.05) is 13.7 Å². The summed E-state index contributed by atoms with van der Waals surface area (Å²) in [5, 5.41) is 3.39. The maximum atomic E-state index is 13.4. The van der Waals surface area contributed by atoms with Gasteiger partial charge in [-0.05, 0) is 48.4 Å². The topological polar surface area (TPSA) is 21.3 Å². The summed E-state index contributed by atoms with van der Waals surface area (Å²) in [5.74, 6) is 0.631. The second kappa shape index (κ2) is 6.53. The Labute approximate surface area is 119 Å². The van der Waals surface area contributed by atoms with Gasteiger partial charge in [0.05, 0.1) is 13.2 Å². The van der Waals surface area contributed by atoms with Gasteiger partial charge in [0.25, 0.3) is 0 Å². The van der Waals surface area contributed by atoms with Gasteiger partial charge in [-0.2, -0.15) is 0 Å². The fourth-order valence-corrected chi connectivity index (χ4v) is 2.33. The number of aryl methyl sites for hydroxylation is 1. The highest BCUT2D eigenvalue weighted by atomic mass is 19.1. The molecule has 0 spiro atoms. The van der Waals surface area contributed by atoms with E-state index in [1.807, 2.05) is 32.0 Å². The van der Waals surface area contributed by atoms with Crippen molar-refractivity contribution >= 4 is 0 Å². The minimum absolute atomic E-state index is 0.0369. The molecular formula is C17H20FNO. The number of ether oxygens (including phenoxy) is 1. The number of halogens is 1. The van der Waals surface area contributed by atoms with Crippen molar-refractivity contribution in [1.82, 2.24) is 5.32 Å². The largest absolute Gasteiger partial charge is 0.496 e. The molecule has 0 saturated heterocycles. The third-order valence-electron chi connectivity index (χ3n) is 3.36. The lowest BCUT2D eigenvalue weighted by molar-refractivity contribution is 0.410. The Bertz CT molecular complexity index is 583. The van der Waals surface area contributed by atoms with E-state index in [2.05, 4.69) is 11.4 Å². The smallest absolute Gasteiger partial charge is 0.123 e. The van der Waals surface area contributed by atoms with E-state index in [1.165, 1.54) is 6.07 Å². The van der Waals surface area contributed by atoms with Crippen molar-refractivity contribution in [1.29, 1.82) is 0 Å². The van der Waals surface area contributed by atoms with Gasteiger partial charge in [-0.15, -0.1) is 0 Å². The van der Waals surface area contributed by atoms with Crippen molar-refractivity contribution in [3.05, 3.63) is 65.0 Å². The first-order chi connectivity index (χ1) is 9.65. The molecular weight excluding hydrogens is 253 g/mol. The molecule has 2 nitrogen and oxygen atoms in total. The van der Waals surface area contributed by atoms with Crippen LogP contribution in [0.3, 0.4) is 0 Å². The molecule has 1 atom stereocenters. The van der Waals surface area contributed by atoms with Gasteiger partial charge < -0.3 is 10.1 Å². The second-order valence-corrected chi connectivity index (χ2v) is 4.77. The van der Waals surface area contributed by atoms with Crippen LogP contribution in [0.15, 0.2) is 42.5 Å². The van der Waals surface area contributed by atoms with E-state index in [0.29, 0.717) is 0 Å². The highest BCUT2D eigenvalue weighted by molar-refractivity contribution is 5.41. The highest BCUT2D eigenvalue weighted by Gasteiger charge is 2.15. The van der Waals surface area contributed by atoms with E-state index in [0.717, 1.165) is 29.0 Å². The molecule has 2 rings (SSSR count). The molecule has 3 heteroatoms. The quantitative estimate of drug-likeness (QED) is 0.893. The first-order valence-corrected chi connectivity index (χ1v) is 6.79. The molecule has 0 aromatic heterocycles. The minimum atomic E-state index is -0.218. The van der Waals surface area contributed by atoms with Crippen LogP contribution in [0.4, 0.5) is 4.39 Å². The van der Waals surface area contributed by atoms with Crippen LogP contribution in [0.25, 0.3) is 0 Å². The van der Waals surface area contributed by atoms with Gasteiger partial charge in [-0.3, -0.25) is 0 Å². The first-order valence-electron chi connectivity index (χ1n) is 6.79. The predicted molar refractivity (Wildman–Crippen MR) is 79.7 cm³/mol. The van der Waals surface area contributed by atoms with Crippen LogP contribution in [0.5, 0.6) is 5.75 Å². The molecule has 1 N–H and O–H groups in total. The van der Waals surface area contributed by atoms with Crippen molar-refractivity contribution in [3.8, 4) is 5.75 Å². The molecule has 2 aromatic rings. The fourth-order valence-electron chi connectivity index (χ4n) is 2.33. The minimum Gasteiger partial charge on any atom is -0.496 e. The number of hydrogen-bond acceptors (Lipinski definition) is 2. The van der Waals surface area contributed by atoms with Gasteiger partial charge in [0, 0.05) is 0 Å². The van der Waals surface area contributed by atoms with E-state index in [4.69, 9.17) is 4.74 Å². The zero-order valence-corrected chi connectivity index (χ0v) is 12.1. The van der Waals surface area contributed by atoms with E-state index in [1.54, 1.807) is 19.2 Å². The van der Waals surface area contributed by atoms with E-state index < -0.39 is 0 Å². The normalized spacial score (nSPS) is 12.2. The molecule has 0 fully saturated rings. The summed E-state index contributed by atoms with van der Waals surface area (Å²) in [6.07, 6.45) is 0. The van der Waals surface area contributed by atoms with Gasteiger partial charge in [0.2, 0.25) is 0 Å². The summed E-state index contributed by atoms with van der Waals surface area (Å²) in [4.78, 5) is 0. The van der Waals surface area contributed by atoms with Crippen LogP contribution in [0.2, 0.25) is 0 Å². The fraction of sp³-hybridized carbons (Fsp3) is 0.294. The summed E-state index contributed by atoms with van der Waals surface area (Å²) >= 11 is 0. The zero-order valence-electron chi connectivity index (χ0n) is 12.1. The molecule has 0 heterocycles. The second-order valence-electron chi connectivity index (χ2n) is 4.77. The third kappa shape index (κ3) is 3.17. The average Bonchev–Trinajstić information content (AvgIpc) is 2.45. The SMILES string of the molecule is CCNC(c1cccc(F)c1)c1ccc(C)c(OC)c1. The zero-order chi connectivity index (χ0) is 14.5. The Morgan fingerprint density at radius 3 is 2.55 bits per heavy atom. The summed E-state index contributed by atoms with van der Waals surface area (Å²) < 4.78 is 18.8.